The van der Waals surface area contributed by atoms with E-state index in [1.165, 1.54) is 5.56 Å². The molecule has 5 rings (SSSR count). The molecule has 188 valence electrons. The normalized spacial score (nSPS) is 13.9. The summed E-state index contributed by atoms with van der Waals surface area (Å²) in [6, 6.07) is 25.8. The van der Waals surface area contributed by atoms with Crippen LogP contribution in [0, 0.1) is 6.92 Å². The summed E-state index contributed by atoms with van der Waals surface area (Å²) in [5.74, 6) is -0.0785. The standard InChI is InChI=1S/C31H32N4O2/c1-3-23-13-15-24(16-14-23)29-28(21-35(33-29)26-10-5-4-6-11-26)31(37)34-19-17-25(18-20-34)32-30(36)27-12-8-7-9-22(27)2/h4-16,21,25H,3,17-20H2,1-2H3,(H,32,36). The average molecular weight is 493 g/mol. The van der Waals surface area contributed by atoms with Crippen molar-refractivity contribution < 1.29 is 9.59 Å². The van der Waals surface area contributed by atoms with Gasteiger partial charge in [-0.05, 0) is 55.5 Å². The molecule has 0 aliphatic carbocycles. The first-order valence-electron chi connectivity index (χ1n) is 12.9. The van der Waals surface area contributed by atoms with Crippen LogP contribution in [0.25, 0.3) is 16.9 Å². The predicted molar refractivity (Wildman–Crippen MR) is 146 cm³/mol. The van der Waals surface area contributed by atoms with Gasteiger partial charge in [-0.15, -0.1) is 0 Å². The Bertz CT molecular complexity index is 1380. The highest BCUT2D eigenvalue weighted by Crippen LogP contribution is 2.27. The fourth-order valence-electron chi connectivity index (χ4n) is 4.84. The quantitative estimate of drug-likeness (QED) is 0.390. The monoisotopic (exact) mass is 492 g/mol. The number of aryl methyl sites for hydroxylation is 2. The number of piperidine rings is 1. The highest BCUT2D eigenvalue weighted by Gasteiger charge is 2.28. The van der Waals surface area contributed by atoms with Gasteiger partial charge in [-0.1, -0.05) is 67.6 Å². The van der Waals surface area contributed by atoms with Crippen LogP contribution in [0.1, 0.15) is 51.6 Å². The lowest BCUT2D eigenvalue weighted by atomic mass is 10.0. The Kier molecular flexibility index (Phi) is 7.17. The molecule has 1 aliphatic rings. The van der Waals surface area contributed by atoms with Gasteiger partial charge >= 0.3 is 0 Å². The highest BCUT2D eigenvalue weighted by molar-refractivity contribution is 6.00. The molecule has 0 radical (unpaired) electrons. The second kappa shape index (κ2) is 10.8. The molecule has 1 saturated heterocycles. The van der Waals surface area contributed by atoms with Crippen molar-refractivity contribution in [3.05, 3.63) is 107 Å². The minimum Gasteiger partial charge on any atom is -0.349 e. The third-order valence-corrected chi connectivity index (χ3v) is 7.11. The first kappa shape index (κ1) is 24.5. The number of hydrogen-bond donors (Lipinski definition) is 1. The highest BCUT2D eigenvalue weighted by atomic mass is 16.2. The van der Waals surface area contributed by atoms with E-state index >= 15 is 0 Å². The maximum atomic E-state index is 13.7. The van der Waals surface area contributed by atoms with Crippen LogP contribution in [0.15, 0.2) is 85.1 Å². The number of para-hydroxylation sites is 1. The zero-order chi connectivity index (χ0) is 25.8. The molecular weight excluding hydrogens is 460 g/mol. The van der Waals surface area contributed by atoms with E-state index in [0.29, 0.717) is 29.9 Å². The van der Waals surface area contributed by atoms with Crippen LogP contribution in [0.4, 0.5) is 0 Å². The third-order valence-electron chi connectivity index (χ3n) is 7.11. The number of carbonyl (C=O) groups is 2. The van der Waals surface area contributed by atoms with Gasteiger partial charge in [-0.2, -0.15) is 5.10 Å². The van der Waals surface area contributed by atoms with Crippen molar-refractivity contribution in [1.29, 1.82) is 0 Å². The topological polar surface area (TPSA) is 67.2 Å². The van der Waals surface area contributed by atoms with Crippen LogP contribution >= 0.6 is 0 Å². The maximum Gasteiger partial charge on any atom is 0.257 e. The molecular formula is C31H32N4O2. The van der Waals surface area contributed by atoms with Crippen LogP contribution in [0.2, 0.25) is 0 Å². The SMILES string of the molecule is CCc1ccc(-c2nn(-c3ccccc3)cc2C(=O)N2CCC(NC(=O)c3ccccc3C)CC2)cc1. The van der Waals surface area contributed by atoms with Gasteiger partial charge in [0.1, 0.15) is 5.69 Å². The van der Waals surface area contributed by atoms with E-state index in [1.807, 2.05) is 84.8 Å². The maximum absolute atomic E-state index is 13.7. The minimum absolute atomic E-state index is 0.0274. The number of amides is 2. The van der Waals surface area contributed by atoms with Crippen molar-refractivity contribution in [2.75, 3.05) is 13.1 Å². The van der Waals surface area contributed by atoms with Crippen LogP contribution in [0.3, 0.4) is 0 Å². The summed E-state index contributed by atoms with van der Waals surface area (Å²) in [6.45, 7) is 5.24. The number of nitrogens with one attached hydrogen (secondary N) is 1. The molecule has 0 spiro atoms. The summed E-state index contributed by atoms with van der Waals surface area (Å²) < 4.78 is 1.78. The number of likely N-dealkylation sites (tertiary alicyclic amines) is 1. The van der Waals surface area contributed by atoms with Crippen molar-refractivity contribution in [2.24, 2.45) is 0 Å². The third kappa shape index (κ3) is 5.33. The molecule has 0 bridgehead atoms. The molecule has 2 amide bonds. The summed E-state index contributed by atoms with van der Waals surface area (Å²) in [7, 11) is 0. The van der Waals surface area contributed by atoms with E-state index in [9.17, 15) is 9.59 Å². The number of carbonyl (C=O) groups excluding carboxylic acids is 2. The van der Waals surface area contributed by atoms with Crippen LogP contribution < -0.4 is 5.32 Å². The zero-order valence-electron chi connectivity index (χ0n) is 21.4. The van der Waals surface area contributed by atoms with E-state index in [1.54, 1.807) is 4.68 Å². The predicted octanol–water partition coefficient (Wildman–Crippen LogP) is 5.44. The van der Waals surface area contributed by atoms with Gasteiger partial charge < -0.3 is 10.2 Å². The fraction of sp³-hybridized carbons (Fsp3) is 0.258. The van der Waals surface area contributed by atoms with Gasteiger partial charge in [0.2, 0.25) is 0 Å². The number of aromatic nitrogens is 2. The van der Waals surface area contributed by atoms with Crippen molar-refractivity contribution in [3.8, 4) is 16.9 Å². The summed E-state index contributed by atoms with van der Waals surface area (Å²) in [5.41, 5.74) is 6.02. The fourth-order valence-corrected chi connectivity index (χ4v) is 4.84. The molecule has 0 unspecified atom stereocenters. The second-order valence-corrected chi connectivity index (χ2v) is 9.58. The number of rotatable bonds is 6. The molecule has 4 aromatic rings. The Labute approximate surface area is 217 Å². The van der Waals surface area contributed by atoms with Crippen molar-refractivity contribution in [2.45, 2.75) is 39.2 Å². The summed E-state index contributed by atoms with van der Waals surface area (Å²) in [5, 5.41) is 7.99. The number of benzene rings is 3. The van der Waals surface area contributed by atoms with Gasteiger partial charge in [0.15, 0.2) is 0 Å². The first-order valence-corrected chi connectivity index (χ1v) is 12.9. The van der Waals surface area contributed by atoms with E-state index < -0.39 is 0 Å². The molecule has 3 aromatic carbocycles. The molecule has 1 aliphatic heterocycles. The summed E-state index contributed by atoms with van der Waals surface area (Å²) in [4.78, 5) is 28.4. The Morgan fingerprint density at radius 1 is 0.892 bits per heavy atom. The van der Waals surface area contributed by atoms with E-state index in [-0.39, 0.29) is 17.9 Å². The first-order chi connectivity index (χ1) is 18.0. The van der Waals surface area contributed by atoms with Crippen molar-refractivity contribution in [3.63, 3.8) is 0 Å². The molecule has 0 atom stereocenters. The summed E-state index contributed by atoms with van der Waals surface area (Å²) >= 11 is 0. The van der Waals surface area contributed by atoms with Crippen LogP contribution in [0.5, 0.6) is 0 Å². The molecule has 37 heavy (non-hydrogen) atoms. The molecule has 6 heteroatoms. The molecule has 1 aromatic heterocycles. The Hall–Kier alpha value is -4.19. The van der Waals surface area contributed by atoms with Crippen LogP contribution in [-0.2, 0) is 6.42 Å². The molecule has 0 saturated carbocycles. The van der Waals surface area contributed by atoms with E-state index in [0.717, 1.165) is 36.1 Å². The van der Waals surface area contributed by atoms with Gasteiger partial charge in [-0.25, -0.2) is 4.68 Å². The van der Waals surface area contributed by atoms with E-state index in [4.69, 9.17) is 5.10 Å². The smallest absolute Gasteiger partial charge is 0.257 e. The summed E-state index contributed by atoms with van der Waals surface area (Å²) in [6.07, 6.45) is 4.24. The largest absolute Gasteiger partial charge is 0.349 e. The Morgan fingerprint density at radius 2 is 1.57 bits per heavy atom. The zero-order valence-corrected chi connectivity index (χ0v) is 21.4. The van der Waals surface area contributed by atoms with Crippen molar-refractivity contribution in [1.82, 2.24) is 20.0 Å². The Morgan fingerprint density at radius 3 is 2.24 bits per heavy atom. The Balaban J connectivity index is 1.34. The van der Waals surface area contributed by atoms with Gasteiger partial charge in [0.05, 0.1) is 11.3 Å². The lowest BCUT2D eigenvalue weighted by molar-refractivity contribution is 0.0699. The molecule has 1 fully saturated rings. The number of hydrogen-bond acceptors (Lipinski definition) is 3. The molecule has 2 heterocycles. The van der Waals surface area contributed by atoms with Crippen LogP contribution in [-0.4, -0.2) is 45.6 Å². The lowest BCUT2D eigenvalue weighted by Gasteiger charge is -2.32. The van der Waals surface area contributed by atoms with Crippen molar-refractivity contribution >= 4 is 11.8 Å². The van der Waals surface area contributed by atoms with E-state index in [2.05, 4.69) is 24.4 Å². The molecule has 1 N–H and O–H groups in total. The van der Waals surface area contributed by atoms with Gasteiger partial charge in [0.25, 0.3) is 11.8 Å². The lowest BCUT2D eigenvalue weighted by Crippen LogP contribution is -2.46. The number of nitrogens with zero attached hydrogens (tertiary/aromatic N) is 3. The second-order valence-electron chi connectivity index (χ2n) is 9.58. The van der Waals surface area contributed by atoms with Gasteiger partial charge in [-0.3, -0.25) is 9.59 Å². The average Bonchev–Trinajstić information content (AvgIpc) is 3.39. The minimum atomic E-state index is -0.0511. The van der Waals surface area contributed by atoms with Gasteiger partial charge in [0, 0.05) is 36.5 Å². The molecule has 6 nitrogen and oxygen atoms in total.